The van der Waals surface area contributed by atoms with Crippen LogP contribution < -0.4 is 14.2 Å². The Morgan fingerprint density at radius 1 is 1.15 bits per heavy atom. The minimum absolute atomic E-state index is 0.0751. The van der Waals surface area contributed by atoms with Gasteiger partial charge >= 0.3 is 0 Å². The molecule has 0 bridgehead atoms. The van der Waals surface area contributed by atoms with E-state index in [-0.39, 0.29) is 17.1 Å². The average molecular weight is 464 g/mol. The molecule has 180 valence electrons. The van der Waals surface area contributed by atoms with Crippen molar-refractivity contribution in [2.45, 2.75) is 38.7 Å². The Morgan fingerprint density at radius 3 is 2.71 bits per heavy atom. The molecule has 1 saturated heterocycles. The fourth-order valence-electron chi connectivity index (χ4n) is 4.28. The molecule has 0 amide bonds. The zero-order valence-electron chi connectivity index (χ0n) is 20.2. The molecular weight excluding hydrogens is 430 g/mol. The monoisotopic (exact) mass is 463 g/mol. The molecule has 2 aliphatic heterocycles. The third-order valence-corrected chi connectivity index (χ3v) is 6.20. The van der Waals surface area contributed by atoms with E-state index in [1.54, 1.807) is 31.4 Å². The minimum Gasteiger partial charge on any atom is -0.506 e. The van der Waals surface area contributed by atoms with Gasteiger partial charge in [0, 0.05) is 6.54 Å². The number of phenolic OH excluding ortho intramolecular Hbond substituents is 1. The summed E-state index contributed by atoms with van der Waals surface area (Å²) in [4.78, 5) is 15.2. The van der Waals surface area contributed by atoms with E-state index >= 15 is 0 Å². The van der Waals surface area contributed by atoms with Crippen molar-refractivity contribution in [2.75, 3.05) is 33.4 Å². The lowest BCUT2D eigenvalue weighted by Crippen LogP contribution is -2.33. The molecule has 6 nitrogen and oxygen atoms in total. The van der Waals surface area contributed by atoms with Gasteiger partial charge in [0.15, 0.2) is 17.3 Å². The number of ketones is 1. The zero-order chi connectivity index (χ0) is 24.1. The van der Waals surface area contributed by atoms with Crippen molar-refractivity contribution >= 4 is 17.9 Å². The van der Waals surface area contributed by atoms with Gasteiger partial charge in [-0.2, -0.15) is 0 Å². The average Bonchev–Trinajstić information content (AvgIpc) is 2.83. The Bertz CT molecular complexity index is 1100. The molecule has 2 aliphatic rings. The van der Waals surface area contributed by atoms with Crippen LogP contribution in [0.1, 0.15) is 54.6 Å². The Balaban J connectivity index is 1.41. The van der Waals surface area contributed by atoms with Gasteiger partial charge in [-0.15, -0.1) is 0 Å². The van der Waals surface area contributed by atoms with Crippen molar-refractivity contribution in [2.24, 2.45) is 0 Å². The van der Waals surface area contributed by atoms with E-state index in [1.165, 1.54) is 25.3 Å². The molecular formula is C28H33NO5. The predicted octanol–water partition coefficient (Wildman–Crippen LogP) is 5.35. The molecule has 6 heteroatoms. The summed E-state index contributed by atoms with van der Waals surface area (Å²) >= 11 is 0. The standard InChI is InChI=1S/C28H33NO5/c1-28(2)14-13-22-24(34-28)12-9-21(27(22)31)23(30)10-7-20-8-11-25(26(19-20)32-3)33-18-17-29-15-5-4-6-16-29/h7-14,19,31H,4-6,15-18H2,1-3H3/b10-7+. The highest BCUT2D eigenvalue weighted by atomic mass is 16.5. The third kappa shape index (κ3) is 5.62. The van der Waals surface area contributed by atoms with Crippen molar-refractivity contribution in [3.05, 3.63) is 59.2 Å². The van der Waals surface area contributed by atoms with Crippen molar-refractivity contribution < 1.29 is 24.1 Å². The molecule has 0 unspecified atom stereocenters. The number of phenols is 1. The summed E-state index contributed by atoms with van der Waals surface area (Å²) in [6.45, 7) is 7.66. The first-order valence-electron chi connectivity index (χ1n) is 11.9. The van der Waals surface area contributed by atoms with Gasteiger partial charge in [0.25, 0.3) is 0 Å². The van der Waals surface area contributed by atoms with E-state index in [0.29, 0.717) is 29.4 Å². The quantitative estimate of drug-likeness (QED) is 0.421. The highest BCUT2D eigenvalue weighted by Gasteiger charge is 2.25. The number of likely N-dealkylation sites (tertiary alicyclic amines) is 1. The molecule has 0 saturated carbocycles. The molecule has 4 rings (SSSR count). The van der Waals surface area contributed by atoms with Gasteiger partial charge in [-0.05, 0) is 87.8 Å². The number of allylic oxidation sites excluding steroid dienone is 1. The number of piperidine rings is 1. The van der Waals surface area contributed by atoms with Gasteiger partial charge in [-0.3, -0.25) is 9.69 Å². The molecule has 0 spiro atoms. The SMILES string of the molecule is COc1cc(/C=C/C(=O)c2ccc3c(c2O)C=CC(C)(C)O3)ccc1OCCN1CCCCC1. The van der Waals surface area contributed by atoms with Crippen molar-refractivity contribution in [3.8, 4) is 23.0 Å². The summed E-state index contributed by atoms with van der Waals surface area (Å²) in [5, 5.41) is 10.6. The Hall–Kier alpha value is -3.25. The van der Waals surface area contributed by atoms with E-state index in [0.717, 1.165) is 25.2 Å². The van der Waals surface area contributed by atoms with E-state index in [2.05, 4.69) is 4.90 Å². The van der Waals surface area contributed by atoms with Crippen LogP contribution in [0.5, 0.6) is 23.0 Å². The molecule has 0 aromatic heterocycles. The lowest BCUT2D eigenvalue weighted by Gasteiger charge is -2.28. The van der Waals surface area contributed by atoms with E-state index in [4.69, 9.17) is 14.2 Å². The van der Waals surface area contributed by atoms with Crippen LogP contribution >= 0.6 is 0 Å². The van der Waals surface area contributed by atoms with Gasteiger partial charge in [0.05, 0.1) is 18.2 Å². The second-order valence-electron chi connectivity index (χ2n) is 9.27. The molecule has 2 aromatic rings. The summed E-state index contributed by atoms with van der Waals surface area (Å²) in [5.41, 5.74) is 1.10. The van der Waals surface area contributed by atoms with Crippen LogP contribution in [0.15, 0.2) is 42.5 Å². The maximum Gasteiger partial charge on any atom is 0.189 e. The summed E-state index contributed by atoms with van der Waals surface area (Å²) < 4.78 is 17.3. The van der Waals surface area contributed by atoms with Crippen LogP contribution in [0.2, 0.25) is 0 Å². The Kier molecular flexibility index (Phi) is 7.27. The largest absolute Gasteiger partial charge is 0.506 e. The molecule has 0 radical (unpaired) electrons. The van der Waals surface area contributed by atoms with Crippen LogP contribution in [0.3, 0.4) is 0 Å². The summed E-state index contributed by atoms with van der Waals surface area (Å²) in [5.74, 6) is 1.50. The van der Waals surface area contributed by atoms with Crippen LogP contribution in [0.4, 0.5) is 0 Å². The number of ether oxygens (including phenoxy) is 3. The number of benzene rings is 2. The van der Waals surface area contributed by atoms with Crippen LogP contribution in [-0.4, -0.2) is 54.7 Å². The Labute approximate surface area is 201 Å². The fraction of sp³-hybridized carbons (Fsp3) is 0.393. The Morgan fingerprint density at radius 2 is 1.94 bits per heavy atom. The summed E-state index contributed by atoms with van der Waals surface area (Å²) in [7, 11) is 1.60. The number of hydrogen-bond acceptors (Lipinski definition) is 6. The van der Waals surface area contributed by atoms with Gasteiger partial charge in [-0.25, -0.2) is 0 Å². The maximum atomic E-state index is 12.8. The molecule has 34 heavy (non-hydrogen) atoms. The highest BCUT2D eigenvalue weighted by molar-refractivity contribution is 6.09. The lowest BCUT2D eigenvalue weighted by molar-refractivity contribution is 0.104. The smallest absolute Gasteiger partial charge is 0.189 e. The second kappa shape index (κ2) is 10.3. The number of nitrogens with zero attached hydrogens (tertiary/aromatic N) is 1. The molecule has 1 N–H and O–H groups in total. The molecule has 1 fully saturated rings. The maximum absolute atomic E-state index is 12.8. The van der Waals surface area contributed by atoms with Crippen molar-refractivity contribution in [1.82, 2.24) is 4.90 Å². The number of methoxy groups -OCH3 is 1. The lowest BCUT2D eigenvalue weighted by atomic mass is 9.98. The van der Waals surface area contributed by atoms with Crippen LogP contribution in [0.25, 0.3) is 12.2 Å². The number of hydrogen-bond donors (Lipinski definition) is 1. The number of aromatic hydroxyl groups is 1. The first-order chi connectivity index (χ1) is 16.4. The molecule has 0 aliphatic carbocycles. The predicted molar refractivity (Wildman–Crippen MR) is 134 cm³/mol. The van der Waals surface area contributed by atoms with E-state index in [9.17, 15) is 9.90 Å². The van der Waals surface area contributed by atoms with Gasteiger partial charge in [0.2, 0.25) is 0 Å². The van der Waals surface area contributed by atoms with Crippen LogP contribution in [-0.2, 0) is 0 Å². The number of fused-ring (bicyclic) bond motifs is 1. The van der Waals surface area contributed by atoms with Crippen LogP contribution in [0, 0.1) is 0 Å². The van der Waals surface area contributed by atoms with Crippen molar-refractivity contribution in [1.29, 1.82) is 0 Å². The third-order valence-electron chi connectivity index (χ3n) is 6.20. The minimum atomic E-state index is -0.451. The zero-order valence-corrected chi connectivity index (χ0v) is 20.2. The topological polar surface area (TPSA) is 68.2 Å². The molecule has 0 atom stereocenters. The second-order valence-corrected chi connectivity index (χ2v) is 9.27. The highest BCUT2D eigenvalue weighted by Crippen LogP contribution is 2.38. The first-order valence-corrected chi connectivity index (χ1v) is 11.9. The molecule has 2 heterocycles. The van der Waals surface area contributed by atoms with E-state index in [1.807, 2.05) is 38.1 Å². The van der Waals surface area contributed by atoms with Gasteiger partial charge < -0.3 is 19.3 Å². The summed E-state index contributed by atoms with van der Waals surface area (Å²) in [6.07, 6.45) is 10.6. The molecule has 2 aromatic carbocycles. The normalized spacial score (nSPS) is 17.3. The fourth-order valence-corrected chi connectivity index (χ4v) is 4.28. The number of carbonyl (C=O) groups is 1. The van der Waals surface area contributed by atoms with E-state index < -0.39 is 5.60 Å². The van der Waals surface area contributed by atoms with Gasteiger partial charge in [0.1, 0.15) is 23.7 Å². The number of rotatable bonds is 8. The van der Waals surface area contributed by atoms with Crippen molar-refractivity contribution in [3.63, 3.8) is 0 Å². The number of carbonyl (C=O) groups excluding carboxylic acids is 1. The van der Waals surface area contributed by atoms with Gasteiger partial charge in [-0.1, -0.05) is 18.6 Å². The first kappa shape index (κ1) is 23.9. The summed E-state index contributed by atoms with van der Waals surface area (Å²) in [6, 6.07) is 8.90.